The molecule has 128 valence electrons. The average molecular weight is 348 g/mol. The van der Waals surface area contributed by atoms with E-state index in [1.54, 1.807) is 43.2 Å². The molecule has 2 rings (SSSR count). The van der Waals surface area contributed by atoms with Gasteiger partial charge in [0.2, 0.25) is 5.88 Å². The summed E-state index contributed by atoms with van der Waals surface area (Å²) >= 11 is 1.78. The smallest absolute Gasteiger partial charge is 0.219 e. The highest BCUT2D eigenvalue weighted by molar-refractivity contribution is 7.98. The van der Waals surface area contributed by atoms with Gasteiger partial charge in [0.1, 0.15) is 11.6 Å². The van der Waals surface area contributed by atoms with E-state index in [9.17, 15) is 4.39 Å². The number of benzene rings is 1. The molecule has 0 atom stereocenters. The fourth-order valence-corrected chi connectivity index (χ4v) is 2.21. The molecule has 0 unspecified atom stereocenters. The first-order valence-electron chi connectivity index (χ1n) is 7.53. The maximum absolute atomic E-state index is 13.1. The minimum atomic E-state index is -0.339. The highest BCUT2D eigenvalue weighted by Gasteiger charge is 2.02. The Kier molecular flexibility index (Phi) is 7.35. The monoisotopic (exact) mass is 348 g/mol. The van der Waals surface area contributed by atoms with Gasteiger partial charge in [-0.05, 0) is 24.0 Å². The number of halogens is 1. The SMILES string of the molecule is CN=C(NCCSC)NCc1ccc(Oc2cccc(F)c2)nc1. The molecule has 1 aromatic carbocycles. The van der Waals surface area contributed by atoms with Gasteiger partial charge in [-0.3, -0.25) is 4.99 Å². The van der Waals surface area contributed by atoms with Crippen LogP contribution in [-0.2, 0) is 6.54 Å². The Hall–Kier alpha value is -2.28. The number of ether oxygens (including phenoxy) is 1. The predicted octanol–water partition coefficient (Wildman–Crippen LogP) is 3.04. The molecule has 1 heterocycles. The van der Waals surface area contributed by atoms with Crippen molar-refractivity contribution in [3.8, 4) is 11.6 Å². The quantitative estimate of drug-likeness (QED) is 0.458. The first kappa shape index (κ1) is 18.1. The minimum absolute atomic E-state index is 0.339. The van der Waals surface area contributed by atoms with E-state index in [1.807, 2.05) is 6.07 Å². The van der Waals surface area contributed by atoms with Crippen LogP contribution in [-0.4, -0.2) is 36.5 Å². The maximum Gasteiger partial charge on any atom is 0.219 e. The second-order valence-electron chi connectivity index (χ2n) is 4.91. The van der Waals surface area contributed by atoms with Crippen molar-refractivity contribution in [1.29, 1.82) is 0 Å². The molecule has 0 aliphatic heterocycles. The standard InChI is InChI=1S/C17H21FN4OS/c1-19-17(20-8-9-24-2)22-12-13-6-7-16(21-11-13)23-15-5-3-4-14(18)10-15/h3-7,10-11H,8-9,12H2,1-2H3,(H2,19,20,22). The van der Waals surface area contributed by atoms with Gasteiger partial charge in [-0.1, -0.05) is 12.1 Å². The van der Waals surface area contributed by atoms with Gasteiger partial charge in [0.15, 0.2) is 5.96 Å². The molecule has 0 radical (unpaired) electrons. The van der Waals surface area contributed by atoms with E-state index >= 15 is 0 Å². The van der Waals surface area contributed by atoms with Crippen LogP contribution in [0.4, 0.5) is 4.39 Å². The summed E-state index contributed by atoms with van der Waals surface area (Å²) in [5.74, 6) is 2.28. The van der Waals surface area contributed by atoms with Crippen LogP contribution >= 0.6 is 11.8 Å². The van der Waals surface area contributed by atoms with E-state index in [1.165, 1.54) is 12.1 Å². The Morgan fingerprint density at radius 1 is 1.29 bits per heavy atom. The molecular weight excluding hydrogens is 327 g/mol. The van der Waals surface area contributed by atoms with Crippen molar-refractivity contribution >= 4 is 17.7 Å². The largest absolute Gasteiger partial charge is 0.439 e. The van der Waals surface area contributed by atoms with Crippen molar-refractivity contribution in [2.75, 3.05) is 25.6 Å². The zero-order valence-electron chi connectivity index (χ0n) is 13.8. The second kappa shape index (κ2) is 9.77. The zero-order valence-corrected chi connectivity index (χ0v) is 14.6. The van der Waals surface area contributed by atoms with Crippen molar-refractivity contribution in [1.82, 2.24) is 15.6 Å². The van der Waals surface area contributed by atoms with Crippen LogP contribution in [0.1, 0.15) is 5.56 Å². The average Bonchev–Trinajstić information content (AvgIpc) is 2.59. The van der Waals surface area contributed by atoms with Crippen molar-refractivity contribution in [3.05, 3.63) is 54.0 Å². The van der Waals surface area contributed by atoms with Crippen LogP contribution in [0, 0.1) is 5.82 Å². The molecule has 0 spiro atoms. The van der Waals surface area contributed by atoms with Crippen LogP contribution in [0.2, 0.25) is 0 Å². The molecule has 0 bridgehead atoms. The lowest BCUT2D eigenvalue weighted by Gasteiger charge is -2.11. The van der Waals surface area contributed by atoms with E-state index in [0.717, 1.165) is 23.8 Å². The second-order valence-corrected chi connectivity index (χ2v) is 5.90. The van der Waals surface area contributed by atoms with Crippen LogP contribution < -0.4 is 15.4 Å². The number of guanidine groups is 1. The van der Waals surface area contributed by atoms with E-state index in [-0.39, 0.29) is 5.82 Å². The van der Waals surface area contributed by atoms with Crippen LogP contribution in [0.15, 0.2) is 47.6 Å². The lowest BCUT2D eigenvalue weighted by molar-refractivity contribution is 0.457. The topological polar surface area (TPSA) is 58.5 Å². The van der Waals surface area contributed by atoms with Gasteiger partial charge in [-0.25, -0.2) is 9.37 Å². The molecule has 0 aliphatic rings. The first-order chi connectivity index (χ1) is 11.7. The Morgan fingerprint density at radius 3 is 2.83 bits per heavy atom. The Bertz CT molecular complexity index is 664. The summed E-state index contributed by atoms with van der Waals surface area (Å²) < 4.78 is 18.6. The number of nitrogens with zero attached hydrogens (tertiary/aromatic N) is 2. The number of hydrogen-bond acceptors (Lipinski definition) is 4. The normalized spacial score (nSPS) is 11.2. The number of nitrogens with one attached hydrogen (secondary N) is 2. The summed E-state index contributed by atoms with van der Waals surface area (Å²) in [5, 5.41) is 6.45. The van der Waals surface area contributed by atoms with Crippen LogP contribution in [0.5, 0.6) is 11.6 Å². The number of thioether (sulfide) groups is 1. The molecule has 7 heteroatoms. The zero-order chi connectivity index (χ0) is 17.2. The van der Waals surface area contributed by atoms with Gasteiger partial charge >= 0.3 is 0 Å². The maximum atomic E-state index is 13.1. The molecule has 0 amide bonds. The van der Waals surface area contributed by atoms with E-state index < -0.39 is 0 Å². The van der Waals surface area contributed by atoms with Gasteiger partial charge in [0.05, 0.1) is 0 Å². The Morgan fingerprint density at radius 2 is 2.17 bits per heavy atom. The van der Waals surface area contributed by atoms with E-state index in [4.69, 9.17) is 4.74 Å². The third-order valence-corrected chi connectivity index (χ3v) is 3.71. The van der Waals surface area contributed by atoms with Gasteiger partial charge in [-0.2, -0.15) is 11.8 Å². The molecule has 24 heavy (non-hydrogen) atoms. The van der Waals surface area contributed by atoms with Gasteiger partial charge < -0.3 is 15.4 Å². The molecule has 2 aromatic rings. The summed E-state index contributed by atoms with van der Waals surface area (Å²) in [5.41, 5.74) is 0.995. The van der Waals surface area contributed by atoms with Crippen molar-refractivity contribution in [3.63, 3.8) is 0 Å². The van der Waals surface area contributed by atoms with Gasteiger partial charge in [0.25, 0.3) is 0 Å². The minimum Gasteiger partial charge on any atom is -0.439 e. The van der Waals surface area contributed by atoms with Gasteiger partial charge in [-0.15, -0.1) is 0 Å². The van der Waals surface area contributed by atoms with Crippen molar-refractivity contribution in [2.24, 2.45) is 4.99 Å². The molecule has 0 fully saturated rings. The Labute approximate surface area is 145 Å². The predicted molar refractivity (Wildman–Crippen MR) is 97.3 cm³/mol. The van der Waals surface area contributed by atoms with Crippen LogP contribution in [0.3, 0.4) is 0 Å². The summed E-state index contributed by atoms with van der Waals surface area (Å²) in [6.45, 7) is 1.46. The molecule has 1 aromatic heterocycles. The summed E-state index contributed by atoms with van der Waals surface area (Å²) in [7, 11) is 1.74. The number of rotatable bonds is 7. The first-order valence-corrected chi connectivity index (χ1v) is 8.92. The Balaban J connectivity index is 1.85. The van der Waals surface area contributed by atoms with Crippen molar-refractivity contribution in [2.45, 2.75) is 6.54 Å². The number of pyridine rings is 1. The number of hydrogen-bond donors (Lipinski definition) is 2. The molecule has 2 N–H and O–H groups in total. The highest BCUT2D eigenvalue weighted by Crippen LogP contribution is 2.19. The molecule has 0 saturated carbocycles. The van der Waals surface area contributed by atoms with E-state index in [0.29, 0.717) is 18.2 Å². The number of aliphatic imine (C=N–C) groups is 1. The summed E-state index contributed by atoms with van der Waals surface area (Å²) in [6.07, 6.45) is 3.79. The molecule has 0 saturated heterocycles. The third-order valence-electron chi connectivity index (χ3n) is 3.10. The highest BCUT2D eigenvalue weighted by atomic mass is 32.2. The van der Waals surface area contributed by atoms with Crippen LogP contribution in [0.25, 0.3) is 0 Å². The molecule has 5 nitrogen and oxygen atoms in total. The van der Waals surface area contributed by atoms with Gasteiger partial charge in [0, 0.05) is 44.2 Å². The van der Waals surface area contributed by atoms with E-state index in [2.05, 4.69) is 26.9 Å². The summed E-state index contributed by atoms with van der Waals surface area (Å²) in [4.78, 5) is 8.40. The lowest BCUT2D eigenvalue weighted by Crippen LogP contribution is -2.37. The fourth-order valence-electron chi connectivity index (χ4n) is 1.90. The third kappa shape index (κ3) is 6.08. The lowest BCUT2D eigenvalue weighted by atomic mass is 10.3. The fraction of sp³-hybridized carbons (Fsp3) is 0.294. The molecular formula is C17H21FN4OS. The molecule has 0 aliphatic carbocycles. The number of aromatic nitrogens is 1. The summed E-state index contributed by atoms with van der Waals surface area (Å²) in [6, 6.07) is 9.63. The van der Waals surface area contributed by atoms with Crippen molar-refractivity contribution < 1.29 is 9.13 Å².